The van der Waals surface area contributed by atoms with Gasteiger partial charge in [-0.15, -0.1) is 0 Å². The molecule has 0 aliphatic rings. The highest BCUT2D eigenvalue weighted by Crippen LogP contribution is 2.27. The summed E-state index contributed by atoms with van der Waals surface area (Å²) in [5.41, 5.74) is 1.34. The minimum Gasteiger partial charge on any atom is -0.431 e. The van der Waals surface area contributed by atoms with Gasteiger partial charge in [-0.3, -0.25) is 9.59 Å². The van der Waals surface area contributed by atoms with Crippen LogP contribution in [0, 0.1) is 6.92 Å². The van der Waals surface area contributed by atoms with E-state index in [1.54, 1.807) is 24.3 Å². The number of Topliss-reactive ketones (excluding diaryl/α,β-unsaturated/α-hetero) is 1. The highest BCUT2D eigenvalue weighted by Gasteiger charge is 2.07. The van der Waals surface area contributed by atoms with Crippen molar-refractivity contribution in [2.24, 2.45) is 0 Å². The molecule has 0 spiro atoms. The van der Waals surface area contributed by atoms with Gasteiger partial charge in [0.05, 0.1) is 5.39 Å². The zero-order chi connectivity index (χ0) is 15.7. The number of aromatic nitrogens is 1. The van der Waals surface area contributed by atoms with E-state index in [0.29, 0.717) is 16.7 Å². The van der Waals surface area contributed by atoms with E-state index in [0.717, 1.165) is 10.3 Å². The Morgan fingerprint density at radius 2 is 1.86 bits per heavy atom. The van der Waals surface area contributed by atoms with Gasteiger partial charge >= 0.3 is 0 Å². The predicted molar refractivity (Wildman–Crippen MR) is 87.1 cm³/mol. The Kier molecular flexibility index (Phi) is 3.73. The molecule has 3 rings (SSSR count). The summed E-state index contributed by atoms with van der Waals surface area (Å²) >= 11 is 1.31. The number of ketones is 1. The smallest absolute Gasteiger partial charge is 0.282 e. The monoisotopic (exact) mass is 311 g/mol. The van der Waals surface area contributed by atoms with Crippen molar-refractivity contribution in [3.63, 3.8) is 0 Å². The number of benzene rings is 2. The largest absolute Gasteiger partial charge is 0.431 e. The first-order valence-corrected chi connectivity index (χ1v) is 7.55. The number of carbonyl (C=O) groups is 1. The maximum absolute atomic E-state index is 12.1. The van der Waals surface area contributed by atoms with Gasteiger partial charge in [-0.25, -0.2) is 0 Å². The number of nitrogens with zero attached hydrogens (tertiary/aromatic N) is 1. The van der Waals surface area contributed by atoms with Crippen molar-refractivity contribution in [3.8, 4) is 10.9 Å². The second kappa shape index (κ2) is 5.69. The number of hydrogen-bond donors (Lipinski definition) is 0. The van der Waals surface area contributed by atoms with Crippen LogP contribution in [0.2, 0.25) is 0 Å². The lowest BCUT2D eigenvalue weighted by atomic mass is 10.1. The van der Waals surface area contributed by atoms with Crippen LogP contribution in [0.4, 0.5) is 0 Å². The van der Waals surface area contributed by atoms with Gasteiger partial charge in [0.25, 0.3) is 10.8 Å². The topological polar surface area (TPSA) is 56.3 Å². The number of hydrogen-bond acceptors (Lipinski definition) is 5. The lowest BCUT2D eigenvalue weighted by molar-refractivity contribution is 0.101. The molecule has 110 valence electrons. The SMILES string of the molecule is CC(=O)c1ccc(Oc2nc(=O)c3cc(C)ccc3s2)cc1. The summed E-state index contributed by atoms with van der Waals surface area (Å²) in [7, 11) is 0. The molecule has 0 atom stereocenters. The van der Waals surface area contributed by atoms with Gasteiger partial charge in [0.1, 0.15) is 5.75 Å². The highest BCUT2D eigenvalue weighted by molar-refractivity contribution is 7.19. The summed E-state index contributed by atoms with van der Waals surface area (Å²) in [6.45, 7) is 3.44. The first-order valence-electron chi connectivity index (χ1n) is 6.73. The van der Waals surface area contributed by atoms with Crippen LogP contribution in [0.1, 0.15) is 22.8 Å². The summed E-state index contributed by atoms with van der Waals surface area (Å²) in [5.74, 6) is 0.537. The standard InChI is InChI=1S/C17H13NO3S/c1-10-3-8-15-14(9-10)16(20)18-17(22-15)21-13-6-4-12(5-7-13)11(2)19/h3-9H,1-2H3. The van der Waals surface area contributed by atoms with E-state index < -0.39 is 0 Å². The molecule has 0 aliphatic heterocycles. The van der Waals surface area contributed by atoms with Gasteiger partial charge in [-0.05, 0) is 50.2 Å². The number of carbonyl (C=O) groups excluding carboxylic acids is 1. The maximum Gasteiger partial charge on any atom is 0.282 e. The Bertz CT molecular complexity index is 913. The second-order valence-corrected chi connectivity index (χ2v) is 5.96. The molecule has 0 amide bonds. The van der Waals surface area contributed by atoms with Gasteiger partial charge < -0.3 is 4.74 Å². The number of rotatable bonds is 3. The van der Waals surface area contributed by atoms with E-state index >= 15 is 0 Å². The number of ether oxygens (including phenoxy) is 1. The summed E-state index contributed by atoms with van der Waals surface area (Å²) in [6, 6.07) is 12.4. The van der Waals surface area contributed by atoms with Crippen LogP contribution < -0.4 is 10.3 Å². The minimum atomic E-state index is -0.298. The molecule has 0 saturated heterocycles. The average molecular weight is 311 g/mol. The number of aryl methyl sites for hydroxylation is 1. The molecular formula is C17H13NO3S. The van der Waals surface area contributed by atoms with Crippen molar-refractivity contribution in [2.75, 3.05) is 0 Å². The molecule has 2 aromatic carbocycles. The summed E-state index contributed by atoms with van der Waals surface area (Å²) in [4.78, 5) is 27.3. The van der Waals surface area contributed by atoms with Crippen molar-refractivity contribution in [1.29, 1.82) is 0 Å². The maximum atomic E-state index is 12.1. The normalized spacial score (nSPS) is 10.6. The summed E-state index contributed by atoms with van der Waals surface area (Å²) < 4.78 is 6.46. The molecule has 1 aromatic heterocycles. The van der Waals surface area contributed by atoms with E-state index in [4.69, 9.17) is 4.74 Å². The Balaban J connectivity index is 1.95. The molecule has 0 fully saturated rings. The highest BCUT2D eigenvalue weighted by atomic mass is 32.1. The third kappa shape index (κ3) is 2.89. The molecule has 0 unspecified atom stereocenters. The van der Waals surface area contributed by atoms with Gasteiger partial charge in [0.2, 0.25) is 0 Å². The van der Waals surface area contributed by atoms with Gasteiger partial charge in [-0.2, -0.15) is 4.98 Å². The Labute approximate surface area is 131 Å². The van der Waals surface area contributed by atoms with Crippen molar-refractivity contribution in [2.45, 2.75) is 13.8 Å². The molecule has 3 aromatic rings. The van der Waals surface area contributed by atoms with E-state index in [2.05, 4.69) is 4.98 Å². The molecule has 0 N–H and O–H groups in total. The van der Waals surface area contributed by atoms with E-state index in [9.17, 15) is 9.59 Å². The molecule has 0 saturated carbocycles. The quantitative estimate of drug-likeness (QED) is 0.687. The van der Waals surface area contributed by atoms with Crippen LogP contribution in [0.25, 0.3) is 10.1 Å². The third-order valence-electron chi connectivity index (χ3n) is 3.22. The molecular weight excluding hydrogens is 298 g/mol. The van der Waals surface area contributed by atoms with Crippen LogP contribution >= 0.6 is 11.3 Å². The van der Waals surface area contributed by atoms with Crippen molar-refractivity contribution < 1.29 is 9.53 Å². The van der Waals surface area contributed by atoms with E-state index in [-0.39, 0.29) is 16.5 Å². The average Bonchev–Trinajstić information content (AvgIpc) is 2.49. The first kappa shape index (κ1) is 14.4. The van der Waals surface area contributed by atoms with Gasteiger partial charge in [0.15, 0.2) is 5.78 Å². The van der Waals surface area contributed by atoms with E-state index in [1.165, 1.54) is 18.3 Å². The fraction of sp³-hybridized carbons (Fsp3) is 0.118. The Hall–Kier alpha value is -2.53. The van der Waals surface area contributed by atoms with Crippen LogP contribution in [0.5, 0.6) is 10.9 Å². The predicted octanol–water partition coefficient (Wildman–Crippen LogP) is 3.96. The van der Waals surface area contributed by atoms with E-state index in [1.807, 2.05) is 25.1 Å². The summed E-state index contributed by atoms with van der Waals surface area (Å²) in [6.07, 6.45) is 0. The molecule has 22 heavy (non-hydrogen) atoms. The molecule has 0 radical (unpaired) electrons. The molecule has 0 bridgehead atoms. The Morgan fingerprint density at radius 3 is 2.55 bits per heavy atom. The second-order valence-electron chi connectivity index (χ2n) is 4.97. The molecule has 1 heterocycles. The van der Waals surface area contributed by atoms with Crippen molar-refractivity contribution >= 4 is 27.2 Å². The lowest BCUT2D eigenvalue weighted by Crippen LogP contribution is -2.06. The number of fused-ring (bicyclic) bond motifs is 1. The zero-order valence-corrected chi connectivity index (χ0v) is 12.9. The fourth-order valence-corrected chi connectivity index (χ4v) is 2.91. The van der Waals surface area contributed by atoms with Crippen molar-refractivity contribution in [3.05, 3.63) is 63.9 Å². The van der Waals surface area contributed by atoms with Gasteiger partial charge in [-0.1, -0.05) is 23.0 Å². The molecule has 4 nitrogen and oxygen atoms in total. The Morgan fingerprint density at radius 1 is 1.14 bits per heavy atom. The first-order chi connectivity index (χ1) is 10.5. The summed E-state index contributed by atoms with van der Waals surface area (Å²) in [5, 5.41) is 0.890. The minimum absolute atomic E-state index is 0.00425. The lowest BCUT2D eigenvalue weighted by Gasteiger charge is -2.05. The van der Waals surface area contributed by atoms with Gasteiger partial charge in [0, 0.05) is 10.3 Å². The molecule has 0 aliphatic carbocycles. The van der Waals surface area contributed by atoms with Crippen LogP contribution in [0.15, 0.2) is 47.3 Å². The van der Waals surface area contributed by atoms with Crippen LogP contribution in [-0.2, 0) is 0 Å². The van der Waals surface area contributed by atoms with Crippen LogP contribution in [0.3, 0.4) is 0 Å². The third-order valence-corrected chi connectivity index (χ3v) is 4.15. The van der Waals surface area contributed by atoms with Crippen molar-refractivity contribution in [1.82, 2.24) is 4.98 Å². The zero-order valence-electron chi connectivity index (χ0n) is 12.1. The van der Waals surface area contributed by atoms with Crippen LogP contribution in [-0.4, -0.2) is 10.8 Å². The molecule has 5 heteroatoms. The fourth-order valence-electron chi connectivity index (χ4n) is 2.06.